The fourth-order valence-electron chi connectivity index (χ4n) is 4.83. The van der Waals surface area contributed by atoms with E-state index in [9.17, 15) is 4.79 Å². The molecule has 0 spiro atoms. The summed E-state index contributed by atoms with van der Waals surface area (Å²) >= 11 is 0. The van der Waals surface area contributed by atoms with Crippen molar-refractivity contribution in [1.29, 1.82) is 0 Å². The molecule has 2 fully saturated rings. The van der Waals surface area contributed by atoms with Crippen LogP contribution < -0.4 is 9.47 Å². The lowest BCUT2D eigenvalue weighted by molar-refractivity contribution is -0.121. The molecule has 160 valence electrons. The van der Waals surface area contributed by atoms with Crippen LogP contribution in [0, 0.1) is 0 Å². The summed E-state index contributed by atoms with van der Waals surface area (Å²) in [6.07, 6.45) is 7.34. The van der Waals surface area contributed by atoms with Gasteiger partial charge >= 0.3 is 0 Å². The predicted molar refractivity (Wildman–Crippen MR) is 117 cm³/mol. The Morgan fingerprint density at radius 1 is 0.967 bits per heavy atom. The van der Waals surface area contributed by atoms with Crippen LogP contribution in [0.2, 0.25) is 0 Å². The van der Waals surface area contributed by atoms with Crippen molar-refractivity contribution >= 4 is 6.41 Å². The Hall–Kier alpha value is -2.60. The number of pyridine rings is 1. The molecule has 1 aromatic carbocycles. The van der Waals surface area contributed by atoms with Crippen LogP contribution in [-0.2, 0) is 4.79 Å². The Morgan fingerprint density at radius 3 is 2.40 bits per heavy atom. The number of nitrogens with zero attached hydrogens (tertiary/aromatic N) is 3. The second kappa shape index (κ2) is 9.47. The van der Waals surface area contributed by atoms with Gasteiger partial charge in [0.25, 0.3) is 0 Å². The Balaban J connectivity index is 1.65. The van der Waals surface area contributed by atoms with E-state index in [1.807, 2.05) is 29.2 Å². The fraction of sp³-hybridized carbons (Fsp3) is 0.500. The number of piperazine rings is 1. The molecule has 6 heteroatoms. The van der Waals surface area contributed by atoms with E-state index >= 15 is 0 Å². The average molecular weight is 410 g/mol. The Kier molecular flexibility index (Phi) is 6.53. The molecule has 1 aliphatic carbocycles. The van der Waals surface area contributed by atoms with Crippen LogP contribution in [0.25, 0.3) is 11.3 Å². The van der Waals surface area contributed by atoms with E-state index in [-0.39, 0.29) is 6.04 Å². The lowest BCUT2D eigenvalue weighted by Gasteiger charge is -2.45. The first-order valence-corrected chi connectivity index (χ1v) is 10.9. The second-order valence-electron chi connectivity index (χ2n) is 8.17. The number of rotatable bonds is 6. The zero-order valence-corrected chi connectivity index (χ0v) is 17.9. The van der Waals surface area contributed by atoms with Crippen LogP contribution in [0.1, 0.15) is 43.7 Å². The van der Waals surface area contributed by atoms with Crippen LogP contribution >= 0.6 is 0 Å². The Labute approximate surface area is 178 Å². The van der Waals surface area contributed by atoms with Crippen LogP contribution in [0.15, 0.2) is 36.4 Å². The van der Waals surface area contributed by atoms with Gasteiger partial charge in [0.1, 0.15) is 5.75 Å². The van der Waals surface area contributed by atoms with Crippen molar-refractivity contribution < 1.29 is 14.3 Å². The number of hydrogen-bond acceptors (Lipinski definition) is 5. The molecule has 1 atom stereocenters. The maximum absolute atomic E-state index is 11.5. The van der Waals surface area contributed by atoms with E-state index in [1.54, 1.807) is 14.2 Å². The van der Waals surface area contributed by atoms with Gasteiger partial charge in [0.15, 0.2) is 0 Å². The summed E-state index contributed by atoms with van der Waals surface area (Å²) in [4.78, 5) is 20.8. The maximum Gasteiger partial charge on any atom is 0.218 e. The highest BCUT2D eigenvalue weighted by atomic mass is 16.5. The number of methoxy groups -OCH3 is 2. The summed E-state index contributed by atoms with van der Waals surface area (Å²) in [5.41, 5.74) is 2.94. The molecular formula is C24H31N3O3. The summed E-state index contributed by atoms with van der Waals surface area (Å²) < 4.78 is 11.0. The van der Waals surface area contributed by atoms with Crippen LogP contribution in [-0.4, -0.2) is 61.1 Å². The summed E-state index contributed by atoms with van der Waals surface area (Å²) in [7, 11) is 3.34. The number of aromatic nitrogens is 1. The normalized spacial score (nSPS) is 20.7. The van der Waals surface area contributed by atoms with Crippen LogP contribution in [0.3, 0.4) is 0 Å². The third kappa shape index (κ3) is 4.29. The van der Waals surface area contributed by atoms with Crippen molar-refractivity contribution in [1.82, 2.24) is 14.8 Å². The molecule has 6 nitrogen and oxygen atoms in total. The first kappa shape index (κ1) is 20.7. The molecule has 1 aromatic heterocycles. The van der Waals surface area contributed by atoms with Gasteiger partial charge in [-0.25, -0.2) is 4.98 Å². The monoisotopic (exact) mass is 409 g/mol. The zero-order chi connectivity index (χ0) is 20.9. The molecule has 4 rings (SSSR count). The second-order valence-corrected chi connectivity index (χ2v) is 8.17. The van der Waals surface area contributed by atoms with Gasteiger partial charge in [-0.1, -0.05) is 19.3 Å². The fourth-order valence-corrected chi connectivity index (χ4v) is 4.83. The van der Waals surface area contributed by atoms with E-state index in [0.717, 1.165) is 42.1 Å². The molecule has 0 N–H and O–H groups in total. The highest BCUT2D eigenvalue weighted by Crippen LogP contribution is 2.37. The van der Waals surface area contributed by atoms with Crippen LogP contribution in [0.4, 0.5) is 0 Å². The standard InChI is InChI=1S/C24H31N3O3/c1-29-20-10-8-18(9-11-20)22-13-12-21(24(25-22)30-2)23-16-26(17-28)14-15-27(23)19-6-4-3-5-7-19/h8-13,17,19,23H,3-7,14-16H2,1-2H3. The smallest absolute Gasteiger partial charge is 0.218 e. The van der Waals surface area contributed by atoms with E-state index in [0.29, 0.717) is 18.5 Å². The summed E-state index contributed by atoms with van der Waals surface area (Å²) in [6, 6.07) is 12.7. The number of carbonyl (C=O) groups excluding carboxylic acids is 1. The van der Waals surface area contributed by atoms with Crippen molar-refractivity contribution in [2.24, 2.45) is 0 Å². The molecule has 0 radical (unpaired) electrons. The molecular weight excluding hydrogens is 378 g/mol. The van der Waals surface area contributed by atoms with E-state index in [2.05, 4.69) is 17.0 Å². The lowest BCUT2D eigenvalue weighted by Crippen LogP contribution is -2.52. The first-order valence-electron chi connectivity index (χ1n) is 10.9. The molecule has 1 saturated heterocycles. The van der Waals surface area contributed by atoms with Gasteiger partial charge in [0, 0.05) is 36.8 Å². The third-order valence-electron chi connectivity index (χ3n) is 6.47. The SMILES string of the molecule is COc1ccc(-c2ccc(C3CN(C=O)CCN3C3CCCCC3)c(OC)n2)cc1. The quantitative estimate of drug-likeness (QED) is 0.677. The first-order chi connectivity index (χ1) is 14.7. The highest BCUT2D eigenvalue weighted by Gasteiger charge is 2.35. The van der Waals surface area contributed by atoms with Crippen LogP contribution in [0.5, 0.6) is 11.6 Å². The molecule has 1 aliphatic heterocycles. The molecule has 1 saturated carbocycles. The Bertz CT molecular complexity index is 849. The van der Waals surface area contributed by atoms with E-state index < -0.39 is 0 Å². The van der Waals surface area contributed by atoms with Crippen molar-refractivity contribution in [3.05, 3.63) is 42.0 Å². The minimum Gasteiger partial charge on any atom is -0.497 e. The molecule has 1 unspecified atom stereocenters. The lowest BCUT2D eigenvalue weighted by atomic mass is 9.91. The third-order valence-corrected chi connectivity index (χ3v) is 6.47. The van der Waals surface area contributed by atoms with Gasteiger partial charge in [-0.3, -0.25) is 9.69 Å². The molecule has 30 heavy (non-hydrogen) atoms. The number of ether oxygens (including phenoxy) is 2. The number of benzene rings is 1. The molecule has 2 aliphatic rings. The minimum absolute atomic E-state index is 0.111. The molecule has 2 aromatic rings. The largest absolute Gasteiger partial charge is 0.497 e. The number of hydrogen-bond donors (Lipinski definition) is 0. The average Bonchev–Trinajstić information content (AvgIpc) is 2.84. The number of amides is 1. The van der Waals surface area contributed by atoms with Crippen molar-refractivity contribution in [3.63, 3.8) is 0 Å². The van der Waals surface area contributed by atoms with Gasteiger partial charge in [-0.2, -0.15) is 0 Å². The zero-order valence-electron chi connectivity index (χ0n) is 17.9. The van der Waals surface area contributed by atoms with Gasteiger partial charge in [-0.15, -0.1) is 0 Å². The Morgan fingerprint density at radius 2 is 1.73 bits per heavy atom. The van der Waals surface area contributed by atoms with Crippen molar-refractivity contribution in [2.45, 2.75) is 44.2 Å². The van der Waals surface area contributed by atoms with Gasteiger partial charge in [0.05, 0.1) is 26.0 Å². The van der Waals surface area contributed by atoms with Crippen molar-refractivity contribution in [2.75, 3.05) is 33.9 Å². The number of carbonyl (C=O) groups is 1. The van der Waals surface area contributed by atoms with Crippen molar-refractivity contribution in [3.8, 4) is 22.9 Å². The molecule has 2 heterocycles. The topological polar surface area (TPSA) is 54.9 Å². The van der Waals surface area contributed by atoms with Gasteiger partial charge in [-0.05, 0) is 49.2 Å². The molecule has 0 bridgehead atoms. The maximum atomic E-state index is 11.5. The van der Waals surface area contributed by atoms with Gasteiger partial charge < -0.3 is 14.4 Å². The van der Waals surface area contributed by atoms with Gasteiger partial charge in [0.2, 0.25) is 12.3 Å². The summed E-state index contributed by atoms with van der Waals surface area (Å²) in [6.45, 7) is 2.37. The minimum atomic E-state index is 0.111. The predicted octanol–water partition coefficient (Wildman–Crippen LogP) is 3.91. The molecule has 1 amide bonds. The summed E-state index contributed by atoms with van der Waals surface area (Å²) in [5, 5.41) is 0. The van der Waals surface area contributed by atoms with E-state index in [1.165, 1.54) is 32.1 Å². The highest BCUT2D eigenvalue weighted by molar-refractivity contribution is 5.61. The summed E-state index contributed by atoms with van der Waals surface area (Å²) in [5.74, 6) is 1.46. The van der Waals surface area contributed by atoms with E-state index in [4.69, 9.17) is 14.5 Å².